The summed E-state index contributed by atoms with van der Waals surface area (Å²) in [5.74, 6) is 0.659. The van der Waals surface area contributed by atoms with Crippen LogP contribution in [0.4, 0.5) is 0 Å². The van der Waals surface area contributed by atoms with Crippen LogP contribution in [-0.4, -0.2) is 6.10 Å². The van der Waals surface area contributed by atoms with E-state index in [1.165, 1.54) is 5.56 Å². The maximum Gasteiger partial charge on any atom is 0.0991 e. The molecule has 0 spiro atoms. The summed E-state index contributed by atoms with van der Waals surface area (Å²) in [5.41, 5.74) is 3.00. The van der Waals surface area contributed by atoms with Crippen molar-refractivity contribution in [2.24, 2.45) is 5.92 Å². The highest BCUT2D eigenvalue weighted by Crippen LogP contribution is 2.14. The number of rotatable bonds is 5. The van der Waals surface area contributed by atoms with Crippen LogP contribution in [0.25, 0.3) is 0 Å². The number of hydrogen-bond donors (Lipinski definition) is 0. The summed E-state index contributed by atoms with van der Waals surface area (Å²) in [6.07, 6.45) is 1.36. The van der Waals surface area contributed by atoms with E-state index in [1.54, 1.807) is 0 Å². The lowest BCUT2D eigenvalue weighted by molar-refractivity contribution is 0.0394. The summed E-state index contributed by atoms with van der Waals surface area (Å²) in [5, 5.41) is 8.79. The largest absolute Gasteiger partial charge is 0.374 e. The Labute approximate surface area is 104 Å². The molecule has 1 rings (SSSR count). The Bertz CT molecular complexity index is 404. The SMILES string of the molecule is Cc1cc(C#N)ccc1COC(C)CC(C)C. The molecular formula is C15H21NO. The van der Waals surface area contributed by atoms with Crippen LogP contribution in [0.5, 0.6) is 0 Å². The lowest BCUT2D eigenvalue weighted by Gasteiger charge is -2.16. The molecule has 0 bridgehead atoms. The third kappa shape index (κ3) is 4.58. The van der Waals surface area contributed by atoms with Crippen LogP contribution in [0.15, 0.2) is 18.2 Å². The van der Waals surface area contributed by atoms with Gasteiger partial charge in [0.1, 0.15) is 0 Å². The van der Waals surface area contributed by atoms with Crippen LogP contribution < -0.4 is 0 Å². The van der Waals surface area contributed by atoms with Crippen molar-refractivity contribution < 1.29 is 4.74 Å². The molecular weight excluding hydrogens is 210 g/mol. The summed E-state index contributed by atoms with van der Waals surface area (Å²) in [6.45, 7) is 9.16. The molecule has 0 radical (unpaired) electrons. The molecule has 92 valence electrons. The number of nitrogens with zero attached hydrogens (tertiary/aromatic N) is 1. The maximum atomic E-state index is 8.79. The van der Waals surface area contributed by atoms with Gasteiger partial charge in [0.2, 0.25) is 0 Å². The first-order chi connectivity index (χ1) is 8.02. The third-order valence-corrected chi connectivity index (χ3v) is 2.80. The van der Waals surface area contributed by atoms with Crippen molar-refractivity contribution in [2.45, 2.75) is 46.8 Å². The Morgan fingerprint density at radius 2 is 2.00 bits per heavy atom. The van der Waals surface area contributed by atoms with Gasteiger partial charge in [0.25, 0.3) is 0 Å². The molecule has 1 atom stereocenters. The van der Waals surface area contributed by atoms with Crippen molar-refractivity contribution in [3.05, 3.63) is 34.9 Å². The molecule has 0 saturated carbocycles. The summed E-state index contributed by atoms with van der Waals surface area (Å²) >= 11 is 0. The Kier molecular flexibility index (Phi) is 5.18. The topological polar surface area (TPSA) is 33.0 Å². The fourth-order valence-corrected chi connectivity index (χ4v) is 1.89. The maximum absolute atomic E-state index is 8.79. The number of aryl methyl sites for hydroxylation is 1. The van der Waals surface area contributed by atoms with Gasteiger partial charge in [-0.3, -0.25) is 0 Å². The Hall–Kier alpha value is -1.33. The van der Waals surface area contributed by atoms with Crippen LogP contribution in [0, 0.1) is 24.2 Å². The quantitative estimate of drug-likeness (QED) is 0.771. The van der Waals surface area contributed by atoms with Gasteiger partial charge in [0.15, 0.2) is 0 Å². The molecule has 1 aromatic rings. The van der Waals surface area contributed by atoms with Crippen LogP contribution in [0.2, 0.25) is 0 Å². The minimum Gasteiger partial charge on any atom is -0.374 e. The predicted octanol–water partition coefficient (Wildman–Crippen LogP) is 3.82. The fourth-order valence-electron chi connectivity index (χ4n) is 1.89. The van der Waals surface area contributed by atoms with Gasteiger partial charge >= 0.3 is 0 Å². The third-order valence-electron chi connectivity index (χ3n) is 2.80. The van der Waals surface area contributed by atoms with Gasteiger partial charge in [0, 0.05) is 0 Å². The van der Waals surface area contributed by atoms with Crippen molar-refractivity contribution in [2.75, 3.05) is 0 Å². The molecule has 1 unspecified atom stereocenters. The minimum absolute atomic E-state index is 0.282. The molecule has 0 heterocycles. The van der Waals surface area contributed by atoms with Crippen molar-refractivity contribution >= 4 is 0 Å². The Balaban J connectivity index is 2.55. The zero-order valence-corrected chi connectivity index (χ0v) is 11.2. The van der Waals surface area contributed by atoms with E-state index in [4.69, 9.17) is 10.00 Å². The lowest BCUT2D eigenvalue weighted by atomic mass is 10.1. The van der Waals surface area contributed by atoms with Crippen LogP contribution >= 0.6 is 0 Å². The molecule has 0 aliphatic heterocycles. The zero-order chi connectivity index (χ0) is 12.8. The van der Waals surface area contributed by atoms with Crippen molar-refractivity contribution in [3.63, 3.8) is 0 Å². The van der Waals surface area contributed by atoms with Gasteiger partial charge in [-0.05, 0) is 49.4 Å². The zero-order valence-electron chi connectivity index (χ0n) is 11.2. The van der Waals surface area contributed by atoms with Crippen molar-refractivity contribution in [3.8, 4) is 6.07 Å². The first kappa shape index (κ1) is 13.7. The Morgan fingerprint density at radius 3 is 2.53 bits per heavy atom. The van der Waals surface area contributed by atoms with Gasteiger partial charge in [-0.15, -0.1) is 0 Å². The number of ether oxygens (including phenoxy) is 1. The second kappa shape index (κ2) is 6.42. The van der Waals surface area contributed by atoms with E-state index in [9.17, 15) is 0 Å². The highest BCUT2D eigenvalue weighted by Gasteiger charge is 2.07. The molecule has 0 fully saturated rings. The van der Waals surface area contributed by atoms with E-state index >= 15 is 0 Å². The molecule has 2 nitrogen and oxygen atoms in total. The van der Waals surface area contributed by atoms with E-state index in [0.29, 0.717) is 18.1 Å². The summed E-state index contributed by atoms with van der Waals surface area (Å²) < 4.78 is 5.81. The second-order valence-electron chi connectivity index (χ2n) is 5.00. The van der Waals surface area contributed by atoms with Gasteiger partial charge in [-0.25, -0.2) is 0 Å². The van der Waals surface area contributed by atoms with E-state index in [-0.39, 0.29) is 6.10 Å². The van der Waals surface area contributed by atoms with Crippen LogP contribution in [0.3, 0.4) is 0 Å². The normalized spacial score (nSPS) is 12.5. The van der Waals surface area contributed by atoms with E-state index in [2.05, 4.69) is 26.8 Å². The predicted molar refractivity (Wildman–Crippen MR) is 69.6 cm³/mol. The first-order valence-electron chi connectivity index (χ1n) is 6.14. The van der Waals surface area contributed by atoms with Gasteiger partial charge < -0.3 is 4.74 Å². The van der Waals surface area contributed by atoms with Crippen LogP contribution in [-0.2, 0) is 11.3 Å². The highest BCUT2D eigenvalue weighted by molar-refractivity contribution is 5.37. The van der Waals surface area contributed by atoms with Crippen LogP contribution in [0.1, 0.15) is 43.9 Å². The number of benzene rings is 1. The van der Waals surface area contributed by atoms with Crippen molar-refractivity contribution in [1.82, 2.24) is 0 Å². The molecule has 0 aromatic heterocycles. The molecule has 0 amide bonds. The minimum atomic E-state index is 0.282. The fraction of sp³-hybridized carbons (Fsp3) is 0.533. The molecule has 0 aliphatic carbocycles. The average Bonchev–Trinajstić information content (AvgIpc) is 2.26. The van der Waals surface area contributed by atoms with E-state index < -0.39 is 0 Å². The smallest absolute Gasteiger partial charge is 0.0991 e. The van der Waals surface area contributed by atoms with Crippen molar-refractivity contribution in [1.29, 1.82) is 5.26 Å². The highest BCUT2D eigenvalue weighted by atomic mass is 16.5. The Morgan fingerprint density at radius 1 is 1.29 bits per heavy atom. The molecule has 17 heavy (non-hydrogen) atoms. The summed E-state index contributed by atoms with van der Waals surface area (Å²) in [7, 11) is 0. The number of hydrogen-bond acceptors (Lipinski definition) is 2. The van der Waals surface area contributed by atoms with E-state index in [1.807, 2.05) is 25.1 Å². The van der Waals surface area contributed by atoms with Gasteiger partial charge in [-0.1, -0.05) is 19.9 Å². The first-order valence-corrected chi connectivity index (χ1v) is 6.14. The van der Waals surface area contributed by atoms with Gasteiger partial charge in [0.05, 0.1) is 24.3 Å². The summed E-state index contributed by atoms with van der Waals surface area (Å²) in [4.78, 5) is 0. The molecule has 1 aromatic carbocycles. The monoisotopic (exact) mass is 231 g/mol. The van der Waals surface area contributed by atoms with Gasteiger partial charge in [-0.2, -0.15) is 5.26 Å². The molecule has 0 N–H and O–H groups in total. The number of nitriles is 1. The lowest BCUT2D eigenvalue weighted by Crippen LogP contribution is -2.11. The molecule has 0 saturated heterocycles. The summed E-state index contributed by atoms with van der Waals surface area (Å²) in [6, 6.07) is 7.88. The average molecular weight is 231 g/mol. The standard InChI is InChI=1S/C15H21NO/c1-11(2)7-13(4)17-10-15-6-5-14(9-16)8-12(15)3/h5-6,8,11,13H,7,10H2,1-4H3. The molecule has 0 aliphatic rings. The molecule has 2 heteroatoms. The van der Waals surface area contributed by atoms with E-state index in [0.717, 1.165) is 12.0 Å². The second-order valence-corrected chi connectivity index (χ2v) is 5.00.